The van der Waals surface area contributed by atoms with E-state index >= 15 is 0 Å². The molecule has 21 heavy (non-hydrogen) atoms. The van der Waals surface area contributed by atoms with Gasteiger partial charge in [-0.1, -0.05) is 19.3 Å². The summed E-state index contributed by atoms with van der Waals surface area (Å²) in [7, 11) is 0. The zero-order valence-electron chi connectivity index (χ0n) is 12.0. The molecule has 1 amide bonds. The molecule has 0 aromatic carbocycles. The fourth-order valence-corrected chi connectivity index (χ4v) is 2.88. The number of carboxylic acid groups (broad SMARTS) is 1. The molecule has 0 spiro atoms. The number of aromatic amines is 1. The van der Waals surface area contributed by atoms with E-state index in [1.54, 1.807) is 6.20 Å². The van der Waals surface area contributed by atoms with Crippen molar-refractivity contribution in [1.82, 2.24) is 15.3 Å². The Morgan fingerprint density at radius 3 is 2.67 bits per heavy atom. The molecule has 1 aromatic heterocycles. The number of nitrogens with one attached hydrogen (secondary N) is 2. The highest BCUT2D eigenvalue weighted by atomic mass is 16.4. The Morgan fingerprint density at radius 2 is 2.14 bits per heavy atom. The number of carbonyl (C=O) groups excluding carboxylic acids is 1. The molecule has 0 radical (unpaired) electrons. The van der Waals surface area contributed by atoms with Crippen LogP contribution in [0, 0.1) is 5.41 Å². The van der Waals surface area contributed by atoms with E-state index in [4.69, 9.17) is 5.73 Å². The summed E-state index contributed by atoms with van der Waals surface area (Å²) in [6.45, 7) is 0.259. The normalized spacial score (nSPS) is 18.9. The van der Waals surface area contributed by atoms with Crippen LogP contribution in [-0.2, 0) is 16.0 Å². The van der Waals surface area contributed by atoms with Gasteiger partial charge in [-0.15, -0.1) is 0 Å². The number of aromatic nitrogens is 2. The molecule has 7 nitrogen and oxygen atoms in total. The van der Waals surface area contributed by atoms with Crippen LogP contribution >= 0.6 is 0 Å². The van der Waals surface area contributed by atoms with Crippen molar-refractivity contribution in [3.63, 3.8) is 0 Å². The summed E-state index contributed by atoms with van der Waals surface area (Å²) in [6.07, 6.45) is 7.70. The molecular formula is C14H22N4O3. The lowest BCUT2D eigenvalue weighted by molar-refractivity contribution is -0.144. The van der Waals surface area contributed by atoms with Crippen LogP contribution < -0.4 is 11.1 Å². The van der Waals surface area contributed by atoms with E-state index in [0.717, 1.165) is 32.1 Å². The lowest BCUT2D eigenvalue weighted by Gasteiger charge is -2.35. The Morgan fingerprint density at radius 1 is 1.43 bits per heavy atom. The lowest BCUT2D eigenvalue weighted by atomic mass is 9.73. The number of aliphatic carboxylic acids is 1. The summed E-state index contributed by atoms with van der Waals surface area (Å²) in [6, 6.07) is -0.969. The summed E-state index contributed by atoms with van der Waals surface area (Å²) in [5, 5.41) is 11.9. The third-order valence-electron chi connectivity index (χ3n) is 4.27. The van der Waals surface area contributed by atoms with E-state index in [1.165, 1.54) is 6.33 Å². The fraction of sp³-hybridized carbons (Fsp3) is 0.643. The molecular weight excluding hydrogens is 272 g/mol. The van der Waals surface area contributed by atoms with Gasteiger partial charge < -0.3 is 21.1 Å². The van der Waals surface area contributed by atoms with E-state index in [2.05, 4.69) is 15.3 Å². The van der Waals surface area contributed by atoms with Crippen LogP contribution in [-0.4, -0.2) is 39.5 Å². The zero-order chi connectivity index (χ0) is 15.3. The number of imidazole rings is 1. The molecule has 2 rings (SSSR count). The van der Waals surface area contributed by atoms with Crippen LogP contribution in [0.4, 0.5) is 0 Å². The monoisotopic (exact) mass is 294 g/mol. The molecule has 0 unspecified atom stereocenters. The van der Waals surface area contributed by atoms with E-state index in [0.29, 0.717) is 5.69 Å². The molecule has 1 aliphatic carbocycles. The molecule has 1 atom stereocenters. The number of H-pyrrole nitrogens is 1. The van der Waals surface area contributed by atoms with Gasteiger partial charge >= 0.3 is 5.97 Å². The number of hydrogen-bond donors (Lipinski definition) is 4. The summed E-state index contributed by atoms with van der Waals surface area (Å²) >= 11 is 0. The van der Waals surface area contributed by atoms with Gasteiger partial charge in [-0.25, -0.2) is 9.78 Å². The average molecular weight is 294 g/mol. The molecule has 5 N–H and O–H groups in total. The van der Waals surface area contributed by atoms with Gasteiger partial charge in [0.2, 0.25) is 5.91 Å². The maximum atomic E-state index is 12.5. The van der Waals surface area contributed by atoms with Crippen LogP contribution in [0.25, 0.3) is 0 Å². The topological polar surface area (TPSA) is 121 Å². The van der Waals surface area contributed by atoms with Crippen molar-refractivity contribution in [2.45, 2.75) is 44.6 Å². The minimum Gasteiger partial charge on any atom is -0.480 e. The standard InChI is InChI=1S/C14H22N4O3/c15-8-14(4-2-1-3-5-14)13(21)18-11(12(19)20)6-10-7-16-9-17-10/h7,9,11H,1-6,8,15H2,(H,16,17)(H,18,21)(H,19,20)/t11-/m0/s1. The van der Waals surface area contributed by atoms with Crippen molar-refractivity contribution in [3.8, 4) is 0 Å². The summed E-state index contributed by atoms with van der Waals surface area (Å²) in [4.78, 5) is 30.6. The quantitative estimate of drug-likeness (QED) is 0.606. The molecule has 0 bridgehead atoms. The third kappa shape index (κ3) is 3.60. The predicted molar refractivity (Wildman–Crippen MR) is 76.4 cm³/mol. The van der Waals surface area contributed by atoms with Crippen LogP contribution in [0.5, 0.6) is 0 Å². The Labute approximate surface area is 123 Å². The Hall–Kier alpha value is -1.89. The molecule has 116 valence electrons. The summed E-state index contributed by atoms with van der Waals surface area (Å²) in [5.74, 6) is -1.29. The minimum atomic E-state index is -1.05. The maximum Gasteiger partial charge on any atom is 0.326 e. The van der Waals surface area contributed by atoms with Gasteiger partial charge in [-0.2, -0.15) is 0 Å². The van der Waals surface area contributed by atoms with Gasteiger partial charge in [-0.3, -0.25) is 4.79 Å². The first kappa shape index (κ1) is 15.5. The van der Waals surface area contributed by atoms with E-state index in [1.807, 2.05) is 0 Å². The number of nitrogens with zero attached hydrogens (tertiary/aromatic N) is 1. The van der Waals surface area contributed by atoms with E-state index in [-0.39, 0.29) is 18.9 Å². The molecule has 1 fully saturated rings. The second-order valence-electron chi connectivity index (χ2n) is 5.69. The zero-order valence-corrected chi connectivity index (χ0v) is 12.0. The van der Waals surface area contributed by atoms with Crippen molar-refractivity contribution in [2.75, 3.05) is 6.54 Å². The highest BCUT2D eigenvalue weighted by Gasteiger charge is 2.39. The second-order valence-corrected chi connectivity index (χ2v) is 5.69. The highest BCUT2D eigenvalue weighted by molar-refractivity contribution is 5.87. The second kappa shape index (κ2) is 6.71. The number of hydrogen-bond acceptors (Lipinski definition) is 4. The molecule has 1 heterocycles. The SMILES string of the molecule is NCC1(C(=O)N[C@@H](Cc2cnc[nH]2)C(=O)O)CCCCC1. The molecule has 0 saturated heterocycles. The first-order valence-corrected chi connectivity index (χ1v) is 7.28. The molecule has 1 aromatic rings. The van der Waals surface area contributed by atoms with Crippen molar-refractivity contribution in [3.05, 3.63) is 18.2 Å². The predicted octanol–water partition coefficient (Wildman–Crippen LogP) is 0.431. The highest BCUT2D eigenvalue weighted by Crippen LogP contribution is 2.35. The van der Waals surface area contributed by atoms with Gasteiger partial charge in [0.25, 0.3) is 0 Å². The number of carboxylic acids is 1. The van der Waals surface area contributed by atoms with E-state index in [9.17, 15) is 14.7 Å². The Balaban J connectivity index is 2.05. The van der Waals surface area contributed by atoms with E-state index < -0.39 is 17.4 Å². The summed E-state index contributed by atoms with van der Waals surface area (Å²) < 4.78 is 0. The first-order chi connectivity index (χ1) is 10.1. The van der Waals surface area contributed by atoms with Gasteiger partial charge in [0, 0.05) is 24.9 Å². The minimum absolute atomic E-state index is 0.182. The fourth-order valence-electron chi connectivity index (χ4n) is 2.88. The number of nitrogens with two attached hydrogens (primary N) is 1. The first-order valence-electron chi connectivity index (χ1n) is 7.28. The average Bonchev–Trinajstić information content (AvgIpc) is 3.00. The molecule has 7 heteroatoms. The van der Waals surface area contributed by atoms with Crippen LogP contribution in [0.3, 0.4) is 0 Å². The van der Waals surface area contributed by atoms with Crippen molar-refractivity contribution in [2.24, 2.45) is 11.1 Å². The van der Waals surface area contributed by atoms with Crippen LogP contribution in [0.15, 0.2) is 12.5 Å². The molecule has 1 saturated carbocycles. The largest absolute Gasteiger partial charge is 0.480 e. The van der Waals surface area contributed by atoms with Gasteiger partial charge in [0.1, 0.15) is 6.04 Å². The number of amides is 1. The number of carbonyl (C=O) groups is 2. The Kier molecular flexibility index (Phi) is 4.95. The maximum absolute atomic E-state index is 12.5. The number of rotatable bonds is 6. The van der Waals surface area contributed by atoms with Crippen molar-refractivity contribution < 1.29 is 14.7 Å². The van der Waals surface area contributed by atoms with Crippen LogP contribution in [0.1, 0.15) is 37.8 Å². The Bertz CT molecular complexity index is 480. The van der Waals surface area contributed by atoms with Crippen molar-refractivity contribution >= 4 is 11.9 Å². The van der Waals surface area contributed by atoms with Gasteiger partial charge in [0.15, 0.2) is 0 Å². The molecule has 0 aliphatic heterocycles. The lowest BCUT2D eigenvalue weighted by Crippen LogP contribution is -2.52. The smallest absolute Gasteiger partial charge is 0.326 e. The summed E-state index contributed by atoms with van der Waals surface area (Å²) in [5.41, 5.74) is 5.87. The van der Waals surface area contributed by atoms with Crippen molar-refractivity contribution in [1.29, 1.82) is 0 Å². The van der Waals surface area contributed by atoms with Gasteiger partial charge in [0.05, 0.1) is 11.7 Å². The van der Waals surface area contributed by atoms with Gasteiger partial charge in [-0.05, 0) is 12.8 Å². The molecule has 1 aliphatic rings. The van der Waals surface area contributed by atoms with Crippen LogP contribution in [0.2, 0.25) is 0 Å². The third-order valence-corrected chi connectivity index (χ3v) is 4.27.